The van der Waals surface area contributed by atoms with Gasteiger partial charge in [-0.05, 0) is 64.6 Å². The molecule has 4 atom stereocenters. The molecule has 0 spiro atoms. The van der Waals surface area contributed by atoms with Gasteiger partial charge in [0.25, 0.3) is 0 Å². The first-order valence-electron chi connectivity index (χ1n) is 11.0. The van der Waals surface area contributed by atoms with Crippen LogP contribution in [-0.2, 0) is 20.4 Å². The first kappa shape index (κ1) is 22.3. The van der Waals surface area contributed by atoms with Crippen molar-refractivity contribution in [3.63, 3.8) is 0 Å². The molecule has 5 nitrogen and oxygen atoms in total. The minimum atomic E-state index is -1.10. The van der Waals surface area contributed by atoms with Gasteiger partial charge in [0, 0.05) is 22.5 Å². The van der Waals surface area contributed by atoms with Crippen LogP contribution in [0.4, 0.5) is 17.1 Å². The molecule has 0 aliphatic heterocycles. The topological polar surface area (TPSA) is 112 Å². The molecule has 0 heterocycles. The van der Waals surface area contributed by atoms with Crippen molar-refractivity contribution in [1.29, 1.82) is 0 Å². The summed E-state index contributed by atoms with van der Waals surface area (Å²) < 4.78 is 0. The Bertz CT molecular complexity index is 1200. The van der Waals surface area contributed by atoms with E-state index in [2.05, 4.69) is 13.0 Å². The van der Waals surface area contributed by atoms with E-state index in [9.17, 15) is 9.59 Å². The number of anilines is 3. The zero-order chi connectivity index (χ0) is 23.8. The maximum absolute atomic E-state index is 13.1. The highest BCUT2D eigenvalue weighted by atomic mass is 16.1. The number of carbonyl (C=O) groups excluding carboxylic acids is 2. The summed E-state index contributed by atoms with van der Waals surface area (Å²) in [5.41, 5.74) is 21.5. The second-order valence-corrected chi connectivity index (χ2v) is 9.13. The van der Waals surface area contributed by atoms with Crippen LogP contribution >= 0.6 is 0 Å². The Morgan fingerprint density at radius 2 is 1.18 bits per heavy atom. The van der Waals surface area contributed by atoms with Crippen molar-refractivity contribution < 1.29 is 9.59 Å². The van der Waals surface area contributed by atoms with Gasteiger partial charge in [0.2, 0.25) is 0 Å². The molecule has 168 valence electrons. The third-order valence-corrected chi connectivity index (χ3v) is 7.44. The SMILES string of the molecule is CC1C(C)(c2ccc(N)cc2)C=C(c2ccc(N)cc2)C(C=O)C1(C=O)c1ccc(N)cc1. The zero-order valence-electron chi connectivity index (χ0n) is 18.9. The largest absolute Gasteiger partial charge is 0.399 e. The molecule has 3 aromatic rings. The number of hydrogen-bond donors (Lipinski definition) is 3. The van der Waals surface area contributed by atoms with Crippen molar-refractivity contribution in [2.45, 2.75) is 24.7 Å². The van der Waals surface area contributed by atoms with E-state index in [1.165, 1.54) is 0 Å². The fraction of sp³-hybridized carbons (Fsp3) is 0.214. The minimum Gasteiger partial charge on any atom is -0.399 e. The van der Waals surface area contributed by atoms with Gasteiger partial charge in [-0.3, -0.25) is 0 Å². The molecule has 6 N–H and O–H groups in total. The lowest BCUT2D eigenvalue weighted by Crippen LogP contribution is -2.54. The van der Waals surface area contributed by atoms with E-state index in [1.54, 1.807) is 12.1 Å². The van der Waals surface area contributed by atoms with Crippen LogP contribution in [-0.4, -0.2) is 12.6 Å². The van der Waals surface area contributed by atoms with Crippen LogP contribution in [0.3, 0.4) is 0 Å². The molecule has 0 aromatic heterocycles. The van der Waals surface area contributed by atoms with Gasteiger partial charge in [0.1, 0.15) is 12.6 Å². The Morgan fingerprint density at radius 3 is 1.64 bits per heavy atom. The van der Waals surface area contributed by atoms with Gasteiger partial charge in [-0.25, -0.2) is 0 Å². The number of rotatable bonds is 5. The number of hydrogen-bond acceptors (Lipinski definition) is 5. The molecule has 3 aromatic carbocycles. The van der Waals surface area contributed by atoms with Gasteiger partial charge in [-0.1, -0.05) is 56.3 Å². The lowest BCUT2D eigenvalue weighted by atomic mass is 9.49. The van der Waals surface area contributed by atoms with Crippen LogP contribution < -0.4 is 17.2 Å². The molecule has 0 saturated heterocycles. The second kappa shape index (κ2) is 8.24. The third kappa shape index (κ3) is 3.50. The van der Waals surface area contributed by atoms with Crippen molar-refractivity contribution in [2.75, 3.05) is 17.2 Å². The molecule has 0 saturated carbocycles. The molecule has 5 heteroatoms. The molecule has 0 radical (unpaired) electrons. The van der Waals surface area contributed by atoms with E-state index in [1.807, 2.05) is 67.6 Å². The predicted octanol–water partition coefficient (Wildman–Crippen LogP) is 4.38. The van der Waals surface area contributed by atoms with Crippen molar-refractivity contribution >= 4 is 35.2 Å². The van der Waals surface area contributed by atoms with E-state index >= 15 is 0 Å². The van der Waals surface area contributed by atoms with E-state index in [4.69, 9.17) is 17.2 Å². The number of carbonyl (C=O) groups is 2. The van der Waals surface area contributed by atoms with Crippen molar-refractivity contribution in [2.24, 2.45) is 11.8 Å². The third-order valence-electron chi connectivity index (χ3n) is 7.44. The summed E-state index contributed by atoms with van der Waals surface area (Å²) in [5, 5.41) is 0. The molecule has 4 rings (SSSR count). The van der Waals surface area contributed by atoms with E-state index < -0.39 is 16.7 Å². The van der Waals surface area contributed by atoms with Gasteiger partial charge in [0.05, 0.1) is 11.3 Å². The number of allylic oxidation sites excluding steroid dienone is 2. The van der Waals surface area contributed by atoms with Crippen LogP contribution in [0.1, 0.15) is 30.5 Å². The van der Waals surface area contributed by atoms with Gasteiger partial charge >= 0.3 is 0 Å². The average Bonchev–Trinajstić information content (AvgIpc) is 2.82. The maximum Gasteiger partial charge on any atom is 0.131 e. The second-order valence-electron chi connectivity index (χ2n) is 9.13. The normalized spacial score (nSPS) is 26.9. The van der Waals surface area contributed by atoms with Crippen molar-refractivity contribution in [1.82, 2.24) is 0 Å². The van der Waals surface area contributed by atoms with Crippen LogP contribution in [0.5, 0.6) is 0 Å². The van der Waals surface area contributed by atoms with E-state index in [-0.39, 0.29) is 5.92 Å². The maximum atomic E-state index is 13.1. The molecule has 0 fully saturated rings. The molecule has 1 aliphatic rings. The summed E-state index contributed by atoms with van der Waals surface area (Å²) in [5.74, 6) is -0.929. The summed E-state index contributed by atoms with van der Waals surface area (Å²) in [4.78, 5) is 25.8. The first-order valence-corrected chi connectivity index (χ1v) is 11.0. The van der Waals surface area contributed by atoms with Crippen molar-refractivity contribution in [3.05, 3.63) is 95.6 Å². The summed E-state index contributed by atoms with van der Waals surface area (Å²) in [6, 6.07) is 22.4. The monoisotopic (exact) mass is 439 g/mol. The molecule has 0 bridgehead atoms. The van der Waals surface area contributed by atoms with Crippen LogP contribution in [0.2, 0.25) is 0 Å². The summed E-state index contributed by atoms with van der Waals surface area (Å²) >= 11 is 0. The van der Waals surface area contributed by atoms with E-state index in [0.29, 0.717) is 17.1 Å². The minimum absolute atomic E-state index is 0.248. The average molecular weight is 440 g/mol. The molecule has 1 aliphatic carbocycles. The summed E-state index contributed by atoms with van der Waals surface area (Å²) in [6.07, 6.45) is 3.97. The standard InChI is InChI=1S/C28H29N3O2/c1-18-27(2,20-5-11-23(30)12-6-20)15-25(19-3-9-22(29)10-4-19)26(16-32)28(18,17-33)21-7-13-24(31)14-8-21/h3-18,26H,29-31H2,1-2H3. The first-order chi connectivity index (χ1) is 15.8. The Kier molecular flexibility index (Phi) is 5.58. The number of nitrogen functional groups attached to an aromatic ring is 3. The number of aldehydes is 2. The lowest BCUT2D eigenvalue weighted by Gasteiger charge is -2.52. The zero-order valence-corrected chi connectivity index (χ0v) is 18.9. The van der Waals surface area contributed by atoms with Gasteiger partial charge in [-0.15, -0.1) is 0 Å². The smallest absolute Gasteiger partial charge is 0.131 e. The van der Waals surface area contributed by atoms with Crippen LogP contribution in [0, 0.1) is 11.8 Å². The Morgan fingerprint density at radius 1 is 0.727 bits per heavy atom. The van der Waals surface area contributed by atoms with Gasteiger partial charge in [-0.2, -0.15) is 0 Å². The Hall–Kier alpha value is -3.86. The number of benzene rings is 3. The fourth-order valence-electron chi connectivity index (χ4n) is 5.31. The van der Waals surface area contributed by atoms with Crippen LogP contribution in [0.25, 0.3) is 5.57 Å². The molecular weight excluding hydrogens is 410 g/mol. The molecule has 33 heavy (non-hydrogen) atoms. The highest BCUT2D eigenvalue weighted by Crippen LogP contribution is 2.56. The predicted molar refractivity (Wildman–Crippen MR) is 134 cm³/mol. The van der Waals surface area contributed by atoms with Gasteiger partial charge in [0.15, 0.2) is 0 Å². The summed E-state index contributed by atoms with van der Waals surface area (Å²) in [7, 11) is 0. The van der Waals surface area contributed by atoms with Gasteiger partial charge < -0.3 is 26.8 Å². The lowest BCUT2D eigenvalue weighted by molar-refractivity contribution is -0.122. The Balaban J connectivity index is 2.05. The Labute approximate surface area is 194 Å². The summed E-state index contributed by atoms with van der Waals surface area (Å²) in [6.45, 7) is 4.14. The highest BCUT2D eigenvalue weighted by molar-refractivity contribution is 5.92. The molecule has 0 amide bonds. The number of nitrogens with two attached hydrogens (primary N) is 3. The van der Waals surface area contributed by atoms with Crippen LogP contribution in [0.15, 0.2) is 78.9 Å². The fourth-order valence-corrected chi connectivity index (χ4v) is 5.31. The quantitative estimate of drug-likeness (QED) is 0.403. The molecular formula is C28H29N3O2. The molecule has 4 unspecified atom stereocenters. The highest BCUT2D eigenvalue weighted by Gasteiger charge is 2.56. The van der Waals surface area contributed by atoms with Crippen molar-refractivity contribution in [3.8, 4) is 0 Å². The van der Waals surface area contributed by atoms with E-state index in [0.717, 1.165) is 34.8 Å².